The topological polar surface area (TPSA) is 135 Å². The van der Waals surface area contributed by atoms with Crippen LogP contribution in [-0.2, 0) is 15.6 Å². The van der Waals surface area contributed by atoms with Crippen molar-refractivity contribution in [2.45, 2.75) is 50.5 Å². The normalized spacial score (nSPS) is 14.6. The van der Waals surface area contributed by atoms with Crippen LogP contribution in [0.2, 0.25) is 0 Å². The molecule has 0 aliphatic rings. The minimum absolute atomic E-state index is 0.00889. The van der Waals surface area contributed by atoms with Crippen LogP contribution in [-0.4, -0.2) is 29.8 Å². The van der Waals surface area contributed by atoms with E-state index in [1.807, 2.05) is 37.3 Å². The van der Waals surface area contributed by atoms with Gasteiger partial charge in [-0.1, -0.05) is 50.1 Å². The lowest BCUT2D eigenvalue weighted by Gasteiger charge is -2.30. The summed E-state index contributed by atoms with van der Waals surface area (Å²) in [6, 6.07) is 9.99. The summed E-state index contributed by atoms with van der Waals surface area (Å²) >= 11 is 0. The number of benzene rings is 1. The molecule has 5 N–H and O–H groups in total. The minimum atomic E-state index is -5.34. The van der Waals surface area contributed by atoms with Gasteiger partial charge in [0.25, 0.3) is 5.08 Å². The highest BCUT2D eigenvalue weighted by Crippen LogP contribution is 2.69. The van der Waals surface area contributed by atoms with Crippen LogP contribution in [0.3, 0.4) is 0 Å². The quantitative estimate of drug-likeness (QED) is 0.311. The number of hydrogen-bond donors (Lipinski definition) is 5. The molecule has 0 aliphatic heterocycles. The van der Waals surface area contributed by atoms with Crippen LogP contribution in [0.25, 0.3) is 0 Å². The Bertz CT molecular complexity index is 571. The second kappa shape index (κ2) is 8.72. The minimum Gasteiger partial charge on any atom is -0.368 e. The molecule has 0 heterocycles. The Morgan fingerprint density at radius 2 is 1.50 bits per heavy atom. The maximum atomic E-state index is 11.3. The van der Waals surface area contributed by atoms with Crippen LogP contribution in [0.4, 0.5) is 0 Å². The summed E-state index contributed by atoms with van der Waals surface area (Å²) in [5, 5.41) is 6.53. The van der Waals surface area contributed by atoms with Crippen molar-refractivity contribution in [1.29, 1.82) is 0 Å². The molecule has 1 atom stereocenters. The molecule has 0 saturated heterocycles. The van der Waals surface area contributed by atoms with Crippen molar-refractivity contribution in [2.75, 3.05) is 0 Å². The summed E-state index contributed by atoms with van der Waals surface area (Å²) in [4.78, 5) is 36.4. The van der Waals surface area contributed by atoms with Gasteiger partial charge < -0.3 is 24.7 Å². The first-order valence-electron chi connectivity index (χ1n) is 7.85. The van der Waals surface area contributed by atoms with E-state index in [0.29, 0.717) is 0 Å². The Balaban J connectivity index is 2.43. The molecule has 0 saturated carbocycles. The van der Waals surface area contributed by atoms with Crippen molar-refractivity contribution in [3.8, 4) is 0 Å². The van der Waals surface area contributed by atoms with Crippen LogP contribution in [0.1, 0.15) is 44.6 Å². The summed E-state index contributed by atoms with van der Waals surface area (Å²) in [6.07, 6.45) is 3.02. The van der Waals surface area contributed by atoms with Gasteiger partial charge in [0.1, 0.15) is 0 Å². The Hall–Kier alpha value is -0.520. The third kappa shape index (κ3) is 6.08. The van der Waals surface area contributed by atoms with Crippen LogP contribution >= 0.6 is 15.2 Å². The summed E-state index contributed by atoms with van der Waals surface area (Å²) in [6.45, 7) is 1.84. The van der Waals surface area contributed by atoms with Crippen molar-refractivity contribution < 1.29 is 33.8 Å². The third-order valence-corrected chi connectivity index (χ3v) is 8.04. The van der Waals surface area contributed by atoms with Crippen LogP contribution in [0.15, 0.2) is 30.3 Å². The zero-order valence-corrected chi connectivity index (χ0v) is 15.4. The van der Waals surface area contributed by atoms with Crippen LogP contribution < -0.4 is 0 Å². The fourth-order valence-corrected chi connectivity index (χ4v) is 4.71. The molecule has 1 aromatic rings. The summed E-state index contributed by atoms with van der Waals surface area (Å²) in [5.74, 6) is -0.00889. The largest absolute Gasteiger partial charge is 0.369 e. The Kier molecular flexibility index (Phi) is 7.82. The van der Waals surface area contributed by atoms with E-state index in [1.165, 1.54) is 5.56 Å². The highest BCUT2D eigenvalue weighted by atomic mass is 31.2. The second-order valence-corrected chi connectivity index (χ2v) is 10.2. The molecule has 9 heteroatoms. The van der Waals surface area contributed by atoms with Crippen molar-refractivity contribution >= 4 is 15.2 Å². The molecule has 1 unspecified atom stereocenters. The Morgan fingerprint density at radius 1 is 0.958 bits per heavy atom. The smallest absolute Gasteiger partial charge is 0.368 e. The second-order valence-electron chi connectivity index (χ2n) is 6.24. The standard InChI is InChI=1S/C15H26O7P2/c1-13(7-5-6-10-14-8-3-2-4-9-14)11-12-15(16,23(17,18)19)24(20,21)22/h2-4,8-9,13,16H,5-7,10-12H2,1H3,(H2,17,18,19)(H2,20,21,22). The lowest BCUT2D eigenvalue weighted by molar-refractivity contribution is 0.116. The molecule has 0 spiro atoms. The Labute approximate surface area is 142 Å². The lowest BCUT2D eigenvalue weighted by Crippen LogP contribution is -2.29. The van der Waals surface area contributed by atoms with Crippen molar-refractivity contribution in [3.63, 3.8) is 0 Å². The van der Waals surface area contributed by atoms with Crippen molar-refractivity contribution in [2.24, 2.45) is 5.92 Å². The maximum absolute atomic E-state index is 11.3. The number of unbranched alkanes of at least 4 members (excludes halogenated alkanes) is 1. The van der Waals surface area contributed by atoms with Crippen molar-refractivity contribution in [1.82, 2.24) is 0 Å². The zero-order valence-electron chi connectivity index (χ0n) is 13.7. The van der Waals surface area contributed by atoms with Gasteiger partial charge in [-0.2, -0.15) is 0 Å². The molecule has 0 fully saturated rings. The van der Waals surface area contributed by atoms with E-state index in [4.69, 9.17) is 19.6 Å². The molecular weight excluding hydrogens is 354 g/mol. The molecule has 0 amide bonds. The fourth-order valence-electron chi connectivity index (χ4n) is 2.51. The number of rotatable bonds is 10. The first-order chi connectivity index (χ1) is 11.0. The molecule has 1 aromatic carbocycles. The van der Waals surface area contributed by atoms with Gasteiger partial charge in [0.05, 0.1) is 0 Å². The van der Waals surface area contributed by atoms with E-state index in [0.717, 1.165) is 25.7 Å². The van der Waals surface area contributed by atoms with Gasteiger partial charge in [-0.15, -0.1) is 0 Å². The lowest BCUT2D eigenvalue weighted by atomic mass is 9.97. The predicted molar refractivity (Wildman–Crippen MR) is 91.4 cm³/mol. The average molecular weight is 380 g/mol. The molecule has 0 aromatic heterocycles. The maximum Gasteiger partial charge on any atom is 0.369 e. The highest BCUT2D eigenvalue weighted by Gasteiger charge is 2.58. The first kappa shape index (κ1) is 21.5. The fraction of sp³-hybridized carbons (Fsp3) is 0.600. The molecule has 1 rings (SSSR count). The van der Waals surface area contributed by atoms with E-state index in [-0.39, 0.29) is 12.3 Å². The van der Waals surface area contributed by atoms with Gasteiger partial charge in [-0.05, 0) is 30.7 Å². The monoisotopic (exact) mass is 380 g/mol. The van der Waals surface area contributed by atoms with Gasteiger partial charge >= 0.3 is 15.2 Å². The van der Waals surface area contributed by atoms with Crippen LogP contribution in [0, 0.1) is 5.92 Å². The molecule has 0 bridgehead atoms. The van der Waals surface area contributed by atoms with Gasteiger partial charge in [0.2, 0.25) is 0 Å². The third-order valence-electron chi connectivity index (χ3n) is 4.16. The number of hydrogen-bond acceptors (Lipinski definition) is 3. The molecule has 24 heavy (non-hydrogen) atoms. The van der Waals surface area contributed by atoms with Gasteiger partial charge in [-0.3, -0.25) is 9.13 Å². The van der Waals surface area contributed by atoms with E-state index in [1.54, 1.807) is 0 Å². The van der Waals surface area contributed by atoms with E-state index in [2.05, 4.69) is 0 Å². The predicted octanol–water partition coefficient (Wildman–Crippen LogP) is 2.82. The summed E-state index contributed by atoms with van der Waals surface area (Å²) in [5.41, 5.74) is 1.24. The van der Waals surface area contributed by atoms with E-state index < -0.39 is 26.7 Å². The molecule has 0 aliphatic carbocycles. The van der Waals surface area contributed by atoms with E-state index >= 15 is 0 Å². The van der Waals surface area contributed by atoms with Crippen LogP contribution in [0.5, 0.6) is 0 Å². The van der Waals surface area contributed by atoms with Gasteiger partial charge in [-0.25, -0.2) is 0 Å². The van der Waals surface area contributed by atoms with E-state index in [9.17, 15) is 14.2 Å². The highest BCUT2D eigenvalue weighted by molar-refractivity contribution is 7.72. The average Bonchev–Trinajstić information content (AvgIpc) is 2.48. The SMILES string of the molecule is CC(CCCCc1ccccc1)CCC(O)(P(=O)(O)O)P(=O)(O)O. The molecule has 0 radical (unpaired) electrons. The summed E-state index contributed by atoms with van der Waals surface area (Å²) in [7, 11) is -10.7. The zero-order chi connectivity index (χ0) is 18.4. The van der Waals surface area contributed by atoms with Gasteiger partial charge in [0.15, 0.2) is 0 Å². The molecular formula is C15H26O7P2. The van der Waals surface area contributed by atoms with Gasteiger partial charge in [0, 0.05) is 6.42 Å². The number of aryl methyl sites for hydroxylation is 1. The first-order valence-corrected chi connectivity index (χ1v) is 11.1. The van der Waals surface area contributed by atoms with Crippen molar-refractivity contribution in [3.05, 3.63) is 35.9 Å². The summed E-state index contributed by atoms with van der Waals surface area (Å²) < 4.78 is 22.6. The molecule has 7 nitrogen and oxygen atoms in total. The number of aliphatic hydroxyl groups is 1. The Morgan fingerprint density at radius 3 is 2.00 bits per heavy atom. The molecule has 138 valence electrons.